The Kier molecular flexibility index (Phi) is 3.31. The number of hydrogen-bond donors (Lipinski definition) is 1. The molecule has 6 heteroatoms. The SMILES string of the molecule is COc1cc(OCC#N)cn2c1c(C(N)=O)c1ccccc12. The standard InChI is InChI=1S/C16H13N3O3/c1-21-13-8-10(22-7-6-17)9-19-12-5-3-2-4-11(12)14(15(13)19)16(18)20/h2-5,8-9H,7H2,1H3,(H2,18,20). The van der Waals surface area contributed by atoms with E-state index in [9.17, 15) is 4.79 Å². The van der Waals surface area contributed by atoms with Gasteiger partial charge in [0.25, 0.3) is 5.91 Å². The van der Waals surface area contributed by atoms with Gasteiger partial charge in [0, 0.05) is 11.5 Å². The third-order valence-corrected chi connectivity index (χ3v) is 3.44. The highest BCUT2D eigenvalue weighted by Crippen LogP contribution is 2.35. The van der Waals surface area contributed by atoms with Gasteiger partial charge in [0.15, 0.2) is 6.61 Å². The number of nitriles is 1. The highest BCUT2D eigenvalue weighted by atomic mass is 16.5. The Bertz CT molecular complexity index is 922. The molecular formula is C16H13N3O3. The quantitative estimate of drug-likeness (QED) is 0.798. The maximum atomic E-state index is 11.9. The van der Waals surface area contributed by atoms with Gasteiger partial charge in [-0.25, -0.2) is 0 Å². The average molecular weight is 295 g/mol. The Balaban J connectivity index is 2.42. The molecule has 6 nitrogen and oxygen atoms in total. The van der Waals surface area contributed by atoms with Crippen molar-refractivity contribution in [2.75, 3.05) is 13.7 Å². The van der Waals surface area contributed by atoms with E-state index in [1.807, 2.05) is 30.3 Å². The summed E-state index contributed by atoms with van der Waals surface area (Å²) in [5, 5.41) is 9.38. The van der Waals surface area contributed by atoms with E-state index >= 15 is 0 Å². The van der Waals surface area contributed by atoms with E-state index in [2.05, 4.69) is 0 Å². The van der Waals surface area contributed by atoms with Crippen LogP contribution in [0.25, 0.3) is 16.4 Å². The summed E-state index contributed by atoms with van der Waals surface area (Å²) >= 11 is 0. The first-order valence-corrected chi connectivity index (χ1v) is 6.57. The molecule has 0 atom stereocenters. The summed E-state index contributed by atoms with van der Waals surface area (Å²) in [6.07, 6.45) is 1.71. The van der Waals surface area contributed by atoms with Crippen LogP contribution in [0.3, 0.4) is 0 Å². The van der Waals surface area contributed by atoms with Crippen molar-refractivity contribution in [3.8, 4) is 17.6 Å². The van der Waals surface area contributed by atoms with Crippen molar-refractivity contribution >= 4 is 22.3 Å². The van der Waals surface area contributed by atoms with Gasteiger partial charge < -0.3 is 19.6 Å². The van der Waals surface area contributed by atoms with Crippen molar-refractivity contribution in [1.29, 1.82) is 5.26 Å². The van der Waals surface area contributed by atoms with Crippen LogP contribution in [0.2, 0.25) is 0 Å². The molecule has 0 unspecified atom stereocenters. The number of nitrogens with zero attached hydrogens (tertiary/aromatic N) is 2. The zero-order valence-electron chi connectivity index (χ0n) is 11.9. The Hall–Kier alpha value is -3.20. The van der Waals surface area contributed by atoms with E-state index in [0.29, 0.717) is 22.6 Å². The molecule has 1 aromatic carbocycles. The maximum Gasteiger partial charge on any atom is 0.251 e. The second-order valence-electron chi connectivity index (χ2n) is 4.67. The first-order chi connectivity index (χ1) is 10.7. The number of amides is 1. The van der Waals surface area contributed by atoms with Crippen LogP contribution in [-0.4, -0.2) is 24.0 Å². The van der Waals surface area contributed by atoms with Crippen molar-refractivity contribution in [3.63, 3.8) is 0 Å². The third kappa shape index (κ3) is 2.00. The molecule has 0 aliphatic carbocycles. The fourth-order valence-electron chi connectivity index (χ4n) is 2.60. The molecule has 3 aromatic rings. The molecule has 0 bridgehead atoms. The number of benzene rings is 1. The largest absolute Gasteiger partial charge is 0.494 e. The topological polar surface area (TPSA) is 89.8 Å². The smallest absolute Gasteiger partial charge is 0.251 e. The van der Waals surface area contributed by atoms with Crippen LogP contribution in [0.4, 0.5) is 0 Å². The molecule has 110 valence electrons. The van der Waals surface area contributed by atoms with Crippen LogP contribution in [0.5, 0.6) is 11.5 Å². The normalized spacial score (nSPS) is 10.5. The number of primary amides is 1. The van der Waals surface area contributed by atoms with Gasteiger partial charge in [0.1, 0.15) is 23.1 Å². The number of para-hydroxylation sites is 1. The molecule has 0 fully saturated rings. The molecule has 0 saturated heterocycles. The minimum Gasteiger partial charge on any atom is -0.494 e. The van der Waals surface area contributed by atoms with Crippen LogP contribution >= 0.6 is 0 Å². The molecule has 2 aromatic heterocycles. The summed E-state index contributed by atoms with van der Waals surface area (Å²) in [6.45, 7) is -0.0729. The Morgan fingerprint density at radius 3 is 2.86 bits per heavy atom. The fourth-order valence-corrected chi connectivity index (χ4v) is 2.60. The lowest BCUT2D eigenvalue weighted by Crippen LogP contribution is -2.11. The number of hydrogen-bond acceptors (Lipinski definition) is 4. The van der Waals surface area contributed by atoms with Gasteiger partial charge in [-0.05, 0) is 6.07 Å². The van der Waals surface area contributed by atoms with Gasteiger partial charge in [-0.1, -0.05) is 18.2 Å². The molecule has 0 spiro atoms. The minimum atomic E-state index is -0.525. The van der Waals surface area contributed by atoms with Gasteiger partial charge in [-0.2, -0.15) is 5.26 Å². The highest BCUT2D eigenvalue weighted by Gasteiger charge is 2.20. The monoisotopic (exact) mass is 295 g/mol. The van der Waals surface area contributed by atoms with Gasteiger partial charge in [-0.15, -0.1) is 0 Å². The van der Waals surface area contributed by atoms with Crippen molar-refractivity contribution in [2.24, 2.45) is 5.73 Å². The predicted molar refractivity (Wildman–Crippen MR) is 81.1 cm³/mol. The van der Waals surface area contributed by atoms with Crippen molar-refractivity contribution in [3.05, 3.63) is 42.1 Å². The van der Waals surface area contributed by atoms with E-state index in [1.54, 1.807) is 16.7 Å². The van der Waals surface area contributed by atoms with Crippen LogP contribution in [0, 0.1) is 11.3 Å². The van der Waals surface area contributed by atoms with E-state index in [1.165, 1.54) is 7.11 Å². The van der Waals surface area contributed by atoms with Crippen LogP contribution in [0.15, 0.2) is 36.5 Å². The summed E-state index contributed by atoms with van der Waals surface area (Å²) in [6, 6.07) is 11.0. The molecule has 1 amide bonds. The summed E-state index contributed by atoms with van der Waals surface area (Å²) in [4.78, 5) is 11.9. The Labute approximate surface area is 126 Å². The molecule has 22 heavy (non-hydrogen) atoms. The number of fused-ring (bicyclic) bond motifs is 3. The number of pyridine rings is 1. The first-order valence-electron chi connectivity index (χ1n) is 6.57. The number of aromatic nitrogens is 1. The second-order valence-corrected chi connectivity index (χ2v) is 4.67. The summed E-state index contributed by atoms with van der Waals surface area (Å²) in [7, 11) is 1.51. The maximum absolute atomic E-state index is 11.9. The summed E-state index contributed by atoms with van der Waals surface area (Å²) < 4.78 is 12.5. The Morgan fingerprint density at radius 1 is 1.41 bits per heavy atom. The zero-order chi connectivity index (χ0) is 15.7. The fraction of sp³-hybridized carbons (Fsp3) is 0.125. The van der Waals surface area contributed by atoms with Gasteiger partial charge >= 0.3 is 0 Å². The van der Waals surface area contributed by atoms with E-state index in [-0.39, 0.29) is 6.61 Å². The van der Waals surface area contributed by atoms with E-state index in [0.717, 1.165) is 10.9 Å². The zero-order valence-corrected chi connectivity index (χ0v) is 11.9. The number of ether oxygens (including phenoxy) is 2. The molecule has 3 rings (SSSR count). The summed E-state index contributed by atoms with van der Waals surface area (Å²) in [5.41, 5.74) is 7.35. The van der Waals surface area contributed by atoms with Crippen molar-refractivity contribution in [1.82, 2.24) is 4.40 Å². The van der Waals surface area contributed by atoms with E-state index in [4.69, 9.17) is 20.5 Å². The van der Waals surface area contributed by atoms with Gasteiger partial charge in [0.05, 0.1) is 24.4 Å². The first kappa shape index (κ1) is 13.8. The third-order valence-electron chi connectivity index (χ3n) is 3.44. The van der Waals surface area contributed by atoms with E-state index < -0.39 is 5.91 Å². The molecule has 0 radical (unpaired) electrons. The minimum absolute atomic E-state index is 0.0729. The number of carbonyl (C=O) groups is 1. The Morgan fingerprint density at radius 2 is 2.18 bits per heavy atom. The molecule has 0 saturated carbocycles. The highest BCUT2D eigenvalue weighted by molar-refractivity contribution is 6.14. The number of carbonyl (C=O) groups excluding carboxylic acids is 1. The molecule has 0 aliphatic rings. The van der Waals surface area contributed by atoms with Crippen molar-refractivity contribution < 1.29 is 14.3 Å². The van der Waals surface area contributed by atoms with Gasteiger partial charge in [-0.3, -0.25) is 4.79 Å². The average Bonchev–Trinajstić information content (AvgIpc) is 2.87. The predicted octanol–water partition coefficient (Wildman–Crippen LogP) is 2.10. The van der Waals surface area contributed by atoms with Crippen LogP contribution < -0.4 is 15.2 Å². The molecule has 2 N–H and O–H groups in total. The lowest BCUT2D eigenvalue weighted by molar-refractivity contribution is 0.100. The van der Waals surface area contributed by atoms with Gasteiger partial charge in [0.2, 0.25) is 0 Å². The van der Waals surface area contributed by atoms with Crippen LogP contribution in [-0.2, 0) is 0 Å². The second kappa shape index (κ2) is 5.30. The lowest BCUT2D eigenvalue weighted by atomic mass is 10.1. The number of nitrogens with two attached hydrogens (primary N) is 1. The molecule has 2 heterocycles. The molecule has 0 aliphatic heterocycles. The molecular weight excluding hydrogens is 282 g/mol. The number of rotatable bonds is 4. The van der Waals surface area contributed by atoms with Crippen LogP contribution in [0.1, 0.15) is 10.4 Å². The summed E-state index contributed by atoms with van der Waals surface area (Å²) in [5.74, 6) is 0.408. The number of methoxy groups -OCH3 is 1. The lowest BCUT2D eigenvalue weighted by Gasteiger charge is -2.09. The van der Waals surface area contributed by atoms with Crippen molar-refractivity contribution in [2.45, 2.75) is 0 Å².